The molecular weight excluding hydrogens is 357 g/mol. The minimum atomic E-state index is -3.14. The van der Waals surface area contributed by atoms with Crippen molar-refractivity contribution in [2.24, 2.45) is 0 Å². The Hall–Kier alpha value is -3.09. The molecule has 0 amide bonds. The maximum absolute atomic E-state index is 13.7. The van der Waals surface area contributed by atoms with E-state index in [4.69, 9.17) is 4.74 Å². The van der Waals surface area contributed by atoms with Crippen LogP contribution >= 0.6 is 0 Å². The van der Waals surface area contributed by atoms with Gasteiger partial charge < -0.3 is 10.1 Å². The molecule has 3 aromatic rings. The van der Waals surface area contributed by atoms with Gasteiger partial charge in [-0.15, -0.1) is 0 Å². The molecule has 0 bridgehead atoms. The number of hydrogen-bond donors (Lipinski definition) is 1. The fourth-order valence-corrected chi connectivity index (χ4v) is 2.61. The molecule has 0 aliphatic carbocycles. The van der Waals surface area contributed by atoms with Gasteiger partial charge in [-0.05, 0) is 36.4 Å². The van der Waals surface area contributed by atoms with Crippen LogP contribution in [0.5, 0.6) is 5.75 Å². The predicted molar refractivity (Wildman–Crippen MR) is 97.4 cm³/mol. The van der Waals surface area contributed by atoms with E-state index in [-0.39, 0.29) is 5.69 Å². The van der Waals surface area contributed by atoms with Gasteiger partial charge in [0.05, 0.1) is 11.2 Å². The zero-order chi connectivity index (χ0) is 19.2. The van der Waals surface area contributed by atoms with Crippen LogP contribution in [0.2, 0.25) is 0 Å². The van der Waals surface area contributed by atoms with Crippen LogP contribution in [-0.4, -0.2) is 30.8 Å². The summed E-state index contributed by atoms with van der Waals surface area (Å²) in [6, 6.07) is 14.9. The lowest BCUT2D eigenvalue weighted by atomic mass is 10.1. The van der Waals surface area contributed by atoms with Crippen molar-refractivity contribution < 1.29 is 22.7 Å². The number of nitrogens with one attached hydrogen (secondary N) is 1. The molecule has 7 heteroatoms. The van der Waals surface area contributed by atoms with Gasteiger partial charge in [0.25, 0.3) is 6.43 Å². The molecule has 1 heterocycles. The lowest BCUT2D eigenvalue weighted by Gasteiger charge is -2.14. The number of alkyl halides is 3. The third-order valence-electron chi connectivity index (χ3n) is 3.94. The van der Waals surface area contributed by atoms with E-state index in [1.54, 1.807) is 48.5 Å². The number of benzene rings is 2. The Morgan fingerprint density at radius 1 is 1.07 bits per heavy atom. The maximum atomic E-state index is 13.7. The molecule has 0 aliphatic rings. The van der Waals surface area contributed by atoms with E-state index in [2.05, 4.69) is 10.3 Å². The minimum Gasteiger partial charge on any atom is -0.492 e. The molecule has 0 radical (unpaired) electrons. The van der Waals surface area contributed by atoms with E-state index >= 15 is 0 Å². The van der Waals surface area contributed by atoms with Crippen molar-refractivity contribution in [1.82, 2.24) is 4.98 Å². The minimum absolute atomic E-state index is 0.292. The van der Waals surface area contributed by atoms with E-state index in [9.17, 15) is 18.0 Å². The van der Waals surface area contributed by atoms with E-state index in [1.165, 1.54) is 6.07 Å². The third-order valence-corrected chi connectivity index (χ3v) is 3.94. The van der Waals surface area contributed by atoms with Crippen LogP contribution < -0.4 is 10.1 Å². The second kappa shape index (κ2) is 8.53. The SMILES string of the molecule is O=Cc1ccc(OCCNc2cc(C(F)C(F)F)nc3ccccc23)cc1. The summed E-state index contributed by atoms with van der Waals surface area (Å²) < 4.78 is 44.7. The molecule has 0 saturated heterocycles. The topological polar surface area (TPSA) is 51.2 Å². The van der Waals surface area contributed by atoms with E-state index < -0.39 is 12.6 Å². The van der Waals surface area contributed by atoms with Crippen LogP contribution in [0.3, 0.4) is 0 Å². The number of para-hydroxylation sites is 1. The largest absolute Gasteiger partial charge is 0.492 e. The number of fused-ring (bicyclic) bond motifs is 1. The lowest BCUT2D eigenvalue weighted by Crippen LogP contribution is -2.13. The molecule has 1 unspecified atom stereocenters. The van der Waals surface area contributed by atoms with Crippen molar-refractivity contribution >= 4 is 22.9 Å². The van der Waals surface area contributed by atoms with E-state index in [0.717, 1.165) is 6.29 Å². The van der Waals surface area contributed by atoms with Crippen molar-refractivity contribution in [3.8, 4) is 5.75 Å². The number of pyridine rings is 1. The summed E-state index contributed by atoms with van der Waals surface area (Å²) in [6.45, 7) is 0.662. The Balaban J connectivity index is 1.70. The van der Waals surface area contributed by atoms with E-state index in [1.807, 2.05) is 0 Å². The Bertz CT molecular complexity index is 917. The highest BCUT2D eigenvalue weighted by Crippen LogP contribution is 2.30. The lowest BCUT2D eigenvalue weighted by molar-refractivity contribution is 0.0475. The first-order chi connectivity index (χ1) is 13.1. The number of carbonyl (C=O) groups excluding carboxylic acids is 1. The molecule has 1 atom stereocenters. The maximum Gasteiger partial charge on any atom is 0.275 e. The number of nitrogens with zero attached hydrogens (tertiary/aromatic N) is 1. The zero-order valence-electron chi connectivity index (χ0n) is 14.2. The van der Waals surface area contributed by atoms with Crippen LogP contribution in [0.25, 0.3) is 10.9 Å². The molecule has 27 heavy (non-hydrogen) atoms. The second-order valence-electron chi connectivity index (χ2n) is 5.81. The molecule has 4 nitrogen and oxygen atoms in total. The quantitative estimate of drug-likeness (QED) is 0.454. The van der Waals surface area contributed by atoms with Gasteiger partial charge in [0.2, 0.25) is 6.17 Å². The number of aromatic nitrogens is 1. The Kier molecular flexibility index (Phi) is 5.90. The monoisotopic (exact) mass is 374 g/mol. The van der Waals surface area contributed by atoms with Crippen molar-refractivity contribution in [2.75, 3.05) is 18.5 Å². The summed E-state index contributed by atoms with van der Waals surface area (Å²) in [5.74, 6) is 0.601. The Morgan fingerprint density at radius 2 is 1.81 bits per heavy atom. The van der Waals surface area contributed by atoms with Crippen LogP contribution in [0.1, 0.15) is 22.2 Å². The highest BCUT2D eigenvalue weighted by molar-refractivity contribution is 5.91. The van der Waals surface area contributed by atoms with Crippen LogP contribution in [0, 0.1) is 0 Å². The summed E-state index contributed by atoms with van der Waals surface area (Å²) >= 11 is 0. The summed E-state index contributed by atoms with van der Waals surface area (Å²) in [6.07, 6.45) is -4.83. The van der Waals surface area contributed by atoms with Crippen LogP contribution in [0.15, 0.2) is 54.6 Å². The van der Waals surface area contributed by atoms with Gasteiger partial charge in [-0.2, -0.15) is 0 Å². The third kappa shape index (κ3) is 4.55. The van der Waals surface area contributed by atoms with Crippen LogP contribution in [0.4, 0.5) is 18.9 Å². The number of aldehydes is 1. The number of carbonyl (C=O) groups is 1. The van der Waals surface area contributed by atoms with Gasteiger partial charge in [-0.1, -0.05) is 18.2 Å². The molecule has 140 valence electrons. The molecular formula is C20H17F3N2O2. The average molecular weight is 374 g/mol. The first-order valence-corrected chi connectivity index (χ1v) is 8.32. The number of halogens is 3. The highest BCUT2D eigenvalue weighted by Gasteiger charge is 2.24. The van der Waals surface area contributed by atoms with Crippen molar-refractivity contribution in [2.45, 2.75) is 12.6 Å². The number of anilines is 1. The first-order valence-electron chi connectivity index (χ1n) is 8.32. The highest BCUT2D eigenvalue weighted by atomic mass is 19.3. The molecule has 0 saturated carbocycles. The first kappa shape index (κ1) is 18.7. The molecule has 2 aromatic carbocycles. The molecule has 0 aliphatic heterocycles. The fourth-order valence-electron chi connectivity index (χ4n) is 2.61. The van der Waals surface area contributed by atoms with Gasteiger partial charge in [0.1, 0.15) is 18.6 Å². The van der Waals surface area contributed by atoms with Crippen LogP contribution in [-0.2, 0) is 0 Å². The average Bonchev–Trinajstić information content (AvgIpc) is 2.70. The molecule has 0 fully saturated rings. The zero-order valence-corrected chi connectivity index (χ0v) is 14.2. The van der Waals surface area contributed by atoms with Gasteiger partial charge in [-0.25, -0.2) is 18.2 Å². The Labute approximate surface area is 154 Å². The second-order valence-corrected chi connectivity index (χ2v) is 5.81. The van der Waals surface area contributed by atoms with Gasteiger partial charge in [0, 0.05) is 23.2 Å². The van der Waals surface area contributed by atoms with Gasteiger partial charge in [-0.3, -0.25) is 4.79 Å². The number of ether oxygens (including phenoxy) is 1. The van der Waals surface area contributed by atoms with Gasteiger partial charge >= 0.3 is 0 Å². The normalized spacial score (nSPS) is 12.1. The molecule has 1 aromatic heterocycles. The van der Waals surface area contributed by atoms with Crippen molar-refractivity contribution in [3.63, 3.8) is 0 Å². The molecule has 1 N–H and O–H groups in total. The number of rotatable bonds is 8. The summed E-state index contributed by atoms with van der Waals surface area (Å²) in [7, 11) is 0. The molecule has 0 spiro atoms. The predicted octanol–water partition coefficient (Wildman–Crippen LogP) is 4.81. The van der Waals surface area contributed by atoms with Crippen molar-refractivity contribution in [3.05, 3.63) is 65.9 Å². The molecule has 3 rings (SSSR count). The van der Waals surface area contributed by atoms with E-state index in [0.29, 0.717) is 41.1 Å². The standard InChI is InChI=1S/C20H17F3N2O2/c21-19(20(22)23)18-11-17(15-3-1-2-4-16(15)25-18)24-9-10-27-14-7-5-13(12-26)6-8-14/h1-8,11-12,19-20H,9-10H2,(H,24,25). The summed E-state index contributed by atoms with van der Waals surface area (Å²) in [5.41, 5.74) is 1.19. The smallest absolute Gasteiger partial charge is 0.275 e. The fraction of sp³-hybridized carbons (Fsp3) is 0.200. The van der Waals surface area contributed by atoms with Gasteiger partial charge in [0.15, 0.2) is 0 Å². The summed E-state index contributed by atoms with van der Waals surface area (Å²) in [4.78, 5) is 14.6. The summed E-state index contributed by atoms with van der Waals surface area (Å²) in [5, 5.41) is 3.79. The Morgan fingerprint density at radius 3 is 2.52 bits per heavy atom. The number of hydrogen-bond acceptors (Lipinski definition) is 4. The van der Waals surface area contributed by atoms with Crippen molar-refractivity contribution in [1.29, 1.82) is 0 Å².